The fourth-order valence-corrected chi connectivity index (χ4v) is 3.27. The smallest absolute Gasteiger partial charge is 0.414 e. The van der Waals surface area contributed by atoms with Gasteiger partial charge in [-0.05, 0) is 43.0 Å². The zero-order valence-corrected chi connectivity index (χ0v) is 14.9. The topological polar surface area (TPSA) is 96.8 Å². The molecule has 7 nitrogen and oxygen atoms in total. The van der Waals surface area contributed by atoms with E-state index in [0.717, 1.165) is 16.8 Å². The van der Waals surface area contributed by atoms with Crippen molar-refractivity contribution in [3.05, 3.63) is 65.5 Å². The summed E-state index contributed by atoms with van der Waals surface area (Å²) < 4.78 is 5.25. The highest BCUT2D eigenvalue weighted by atomic mass is 16.5. The van der Waals surface area contributed by atoms with Gasteiger partial charge in [-0.25, -0.2) is 14.5 Å². The molecule has 2 atom stereocenters. The summed E-state index contributed by atoms with van der Waals surface area (Å²) in [4.78, 5) is 41.2. The number of carbonyl (C=O) groups is 3. The number of hydrogen-bond donors (Lipinski definition) is 1. The molecule has 0 unspecified atom stereocenters. The Labute approximate surface area is 156 Å². The molecule has 27 heavy (non-hydrogen) atoms. The average Bonchev–Trinajstić information content (AvgIpc) is 2.97. The Morgan fingerprint density at radius 2 is 1.96 bits per heavy atom. The standard InChI is InChI=1S/C20H20N2O5/c1-13-9-15(7-8-21-13)10-16-11-17(22(18(16)23)20(25)26)19(24)27-12-14-5-3-2-4-6-14/h2-9,16-17H,10-12H2,1H3,(H,25,26)/t16-,17+/m0/s1. The van der Waals surface area contributed by atoms with Crippen molar-refractivity contribution in [1.82, 2.24) is 9.88 Å². The fourth-order valence-electron chi connectivity index (χ4n) is 3.27. The molecule has 0 spiro atoms. The van der Waals surface area contributed by atoms with Gasteiger partial charge in [-0.15, -0.1) is 0 Å². The van der Waals surface area contributed by atoms with Crippen LogP contribution in [0.15, 0.2) is 48.7 Å². The van der Waals surface area contributed by atoms with Crippen LogP contribution in [0.4, 0.5) is 4.79 Å². The van der Waals surface area contributed by atoms with E-state index in [9.17, 15) is 19.5 Å². The third kappa shape index (κ3) is 4.31. The van der Waals surface area contributed by atoms with Gasteiger partial charge in [0, 0.05) is 17.8 Å². The molecule has 1 aromatic carbocycles. The predicted molar refractivity (Wildman–Crippen MR) is 95.7 cm³/mol. The van der Waals surface area contributed by atoms with Gasteiger partial charge in [0.15, 0.2) is 0 Å². The lowest BCUT2D eigenvalue weighted by molar-refractivity contribution is -0.152. The molecule has 0 bridgehead atoms. The first-order valence-corrected chi connectivity index (χ1v) is 8.64. The van der Waals surface area contributed by atoms with E-state index < -0.39 is 29.9 Å². The second kappa shape index (κ2) is 7.99. The highest BCUT2D eigenvalue weighted by molar-refractivity contribution is 6.00. The minimum Gasteiger partial charge on any atom is -0.465 e. The zero-order valence-electron chi connectivity index (χ0n) is 14.9. The number of esters is 1. The van der Waals surface area contributed by atoms with Crippen molar-refractivity contribution < 1.29 is 24.2 Å². The lowest BCUT2D eigenvalue weighted by Gasteiger charge is -2.18. The van der Waals surface area contributed by atoms with Gasteiger partial charge in [0.2, 0.25) is 5.91 Å². The molecule has 0 aliphatic carbocycles. The van der Waals surface area contributed by atoms with Crippen LogP contribution < -0.4 is 0 Å². The van der Waals surface area contributed by atoms with Gasteiger partial charge in [-0.2, -0.15) is 0 Å². The molecule has 140 valence electrons. The van der Waals surface area contributed by atoms with E-state index in [4.69, 9.17) is 4.74 Å². The Morgan fingerprint density at radius 3 is 2.63 bits per heavy atom. The number of carboxylic acid groups (broad SMARTS) is 1. The molecule has 7 heteroatoms. The van der Waals surface area contributed by atoms with Gasteiger partial charge in [0.05, 0.1) is 0 Å². The molecule has 1 aromatic heterocycles. The summed E-state index contributed by atoms with van der Waals surface area (Å²) in [6.07, 6.45) is 0.675. The lowest BCUT2D eigenvalue weighted by Crippen LogP contribution is -2.43. The molecule has 1 aliphatic rings. The van der Waals surface area contributed by atoms with E-state index in [0.29, 0.717) is 11.3 Å². The van der Waals surface area contributed by atoms with Crippen LogP contribution in [0, 0.1) is 12.8 Å². The predicted octanol–water partition coefficient (Wildman–Crippen LogP) is 2.57. The van der Waals surface area contributed by atoms with E-state index in [1.165, 1.54) is 0 Å². The van der Waals surface area contributed by atoms with Gasteiger partial charge in [-0.1, -0.05) is 30.3 Å². The number of imide groups is 1. The Bertz CT molecular complexity index is 852. The Hall–Kier alpha value is -3.22. The van der Waals surface area contributed by atoms with Crippen molar-refractivity contribution >= 4 is 18.0 Å². The van der Waals surface area contributed by atoms with Gasteiger partial charge in [0.1, 0.15) is 12.6 Å². The minimum atomic E-state index is -1.44. The van der Waals surface area contributed by atoms with Crippen LogP contribution in [0.3, 0.4) is 0 Å². The summed E-state index contributed by atoms with van der Waals surface area (Å²) in [6, 6.07) is 11.6. The van der Waals surface area contributed by atoms with Crippen LogP contribution in [0.25, 0.3) is 0 Å². The first-order valence-electron chi connectivity index (χ1n) is 8.64. The molecule has 2 heterocycles. The summed E-state index contributed by atoms with van der Waals surface area (Å²) in [5.41, 5.74) is 2.48. The monoisotopic (exact) mass is 368 g/mol. The molecule has 1 N–H and O–H groups in total. The second-order valence-corrected chi connectivity index (χ2v) is 6.54. The highest BCUT2D eigenvalue weighted by Crippen LogP contribution is 2.29. The summed E-state index contributed by atoms with van der Waals surface area (Å²) >= 11 is 0. The maximum atomic E-state index is 12.5. The second-order valence-electron chi connectivity index (χ2n) is 6.54. The molecule has 2 amide bonds. The third-order valence-corrected chi connectivity index (χ3v) is 4.55. The number of benzene rings is 1. The molecule has 1 aliphatic heterocycles. The Morgan fingerprint density at radius 1 is 1.22 bits per heavy atom. The molecule has 2 aromatic rings. The van der Waals surface area contributed by atoms with Gasteiger partial charge in [-0.3, -0.25) is 9.78 Å². The number of aryl methyl sites for hydroxylation is 1. The number of nitrogens with zero attached hydrogens (tertiary/aromatic N) is 2. The summed E-state index contributed by atoms with van der Waals surface area (Å²) in [5, 5.41) is 9.40. The van der Waals surface area contributed by atoms with E-state index >= 15 is 0 Å². The number of pyridine rings is 1. The average molecular weight is 368 g/mol. The largest absolute Gasteiger partial charge is 0.465 e. The number of amides is 2. The minimum absolute atomic E-state index is 0.0338. The highest BCUT2D eigenvalue weighted by Gasteiger charge is 2.47. The maximum Gasteiger partial charge on any atom is 0.414 e. The normalized spacial score (nSPS) is 19.1. The van der Waals surface area contributed by atoms with E-state index in [-0.39, 0.29) is 13.0 Å². The van der Waals surface area contributed by atoms with Gasteiger partial charge in [0.25, 0.3) is 0 Å². The summed E-state index contributed by atoms with van der Waals surface area (Å²) in [5.74, 6) is -1.86. The van der Waals surface area contributed by atoms with Crippen molar-refractivity contribution in [2.24, 2.45) is 5.92 Å². The molecule has 1 saturated heterocycles. The molecule has 0 saturated carbocycles. The van der Waals surface area contributed by atoms with Crippen molar-refractivity contribution in [1.29, 1.82) is 0 Å². The van der Waals surface area contributed by atoms with Crippen LogP contribution in [0.5, 0.6) is 0 Å². The van der Waals surface area contributed by atoms with Crippen LogP contribution >= 0.6 is 0 Å². The molecule has 0 radical (unpaired) electrons. The number of aromatic nitrogens is 1. The van der Waals surface area contributed by atoms with Crippen molar-refractivity contribution in [3.8, 4) is 0 Å². The molecule has 1 fully saturated rings. The number of hydrogen-bond acceptors (Lipinski definition) is 5. The van der Waals surface area contributed by atoms with Gasteiger partial charge < -0.3 is 9.84 Å². The van der Waals surface area contributed by atoms with Crippen LogP contribution in [-0.2, 0) is 27.4 Å². The van der Waals surface area contributed by atoms with Crippen LogP contribution in [0.1, 0.15) is 23.2 Å². The molecular weight excluding hydrogens is 348 g/mol. The first kappa shape index (κ1) is 18.6. The Balaban J connectivity index is 1.70. The SMILES string of the molecule is Cc1cc(C[C@H]2C[C@H](C(=O)OCc3ccccc3)N(C(=O)O)C2=O)ccn1. The number of carbonyl (C=O) groups excluding carboxylic acids is 2. The van der Waals surface area contributed by atoms with Crippen LogP contribution in [-0.4, -0.2) is 39.0 Å². The Kier molecular flexibility index (Phi) is 5.49. The van der Waals surface area contributed by atoms with Gasteiger partial charge >= 0.3 is 12.1 Å². The van der Waals surface area contributed by atoms with Crippen LogP contribution in [0.2, 0.25) is 0 Å². The number of likely N-dealkylation sites (tertiary alicyclic amines) is 1. The van der Waals surface area contributed by atoms with E-state index in [2.05, 4.69) is 4.98 Å². The third-order valence-electron chi connectivity index (χ3n) is 4.55. The van der Waals surface area contributed by atoms with Crippen molar-refractivity contribution in [2.45, 2.75) is 32.4 Å². The fraction of sp³-hybridized carbons (Fsp3) is 0.300. The molecule has 3 rings (SSSR count). The summed E-state index contributed by atoms with van der Waals surface area (Å²) in [6.45, 7) is 1.87. The quantitative estimate of drug-likeness (QED) is 0.815. The van der Waals surface area contributed by atoms with E-state index in [1.807, 2.05) is 31.2 Å². The van der Waals surface area contributed by atoms with Crippen molar-refractivity contribution in [3.63, 3.8) is 0 Å². The van der Waals surface area contributed by atoms with Crippen molar-refractivity contribution in [2.75, 3.05) is 0 Å². The lowest BCUT2D eigenvalue weighted by atomic mass is 9.96. The molecular formula is C20H20N2O5. The summed E-state index contributed by atoms with van der Waals surface area (Å²) in [7, 11) is 0. The number of ether oxygens (including phenoxy) is 1. The zero-order chi connectivity index (χ0) is 19.4. The maximum absolute atomic E-state index is 12.5. The number of rotatable bonds is 5. The van der Waals surface area contributed by atoms with E-state index in [1.54, 1.807) is 24.4 Å². The first-order chi connectivity index (χ1) is 13.0.